The number of aryl methyl sites for hydroxylation is 1. The van der Waals surface area contributed by atoms with Crippen molar-refractivity contribution < 1.29 is 12.6 Å². The van der Waals surface area contributed by atoms with Crippen molar-refractivity contribution in [3.63, 3.8) is 0 Å². The van der Waals surface area contributed by atoms with Crippen molar-refractivity contribution in [1.82, 2.24) is 4.72 Å². The Hall–Kier alpha value is -0.630. The quantitative estimate of drug-likeness (QED) is 0.609. The molecule has 0 amide bonds. The summed E-state index contributed by atoms with van der Waals surface area (Å²) in [5.74, 6) is 0.463. The Balaban J connectivity index is 2.80. The van der Waals surface area contributed by atoms with Gasteiger partial charge in [-0.15, -0.1) is 0 Å². The number of nitrogens with two attached hydrogens (primary N) is 1. The van der Waals surface area contributed by atoms with Crippen LogP contribution in [0.2, 0.25) is 5.02 Å². The van der Waals surface area contributed by atoms with E-state index in [1.807, 2.05) is 0 Å². The summed E-state index contributed by atoms with van der Waals surface area (Å²) in [5.41, 5.74) is 6.49. The Morgan fingerprint density at radius 1 is 1.42 bits per heavy atom. The van der Waals surface area contributed by atoms with Crippen molar-refractivity contribution in [2.75, 3.05) is 24.3 Å². The van der Waals surface area contributed by atoms with E-state index in [4.69, 9.17) is 17.3 Å². The molecule has 3 N–H and O–H groups in total. The number of nitrogen functional groups attached to an aromatic ring is 1. The maximum atomic E-state index is 12.0. The zero-order valence-electron chi connectivity index (χ0n) is 10.8. The molecule has 1 aromatic rings. The van der Waals surface area contributed by atoms with Gasteiger partial charge in [-0.2, -0.15) is 0 Å². The fourth-order valence-corrected chi connectivity index (χ4v) is 3.34. The molecule has 0 bridgehead atoms. The van der Waals surface area contributed by atoms with Crippen LogP contribution in [0.3, 0.4) is 0 Å². The van der Waals surface area contributed by atoms with Crippen molar-refractivity contribution in [3.8, 4) is 0 Å². The second kappa shape index (κ2) is 6.69. The van der Waals surface area contributed by atoms with Crippen molar-refractivity contribution >= 4 is 38.1 Å². The van der Waals surface area contributed by atoms with E-state index in [0.29, 0.717) is 22.8 Å². The van der Waals surface area contributed by atoms with Gasteiger partial charge in [0.05, 0.1) is 15.6 Å². The van der Waals surface area contributed by atoms with Gasteiger partial charge < -0.3 is 5.73 Å². The number of halogens is 1. The van der Waals surface area contributed by atoms with E-state index in [1.54, 1.807) is 13.2 Å². The first kappa shape index (κ1) is 16.4. The fraction of sp³-hybridized carbons (Fsp3) is 0.455. The molecule has 19 heavy (non-hydrogen) atoms. The first-order chi connectivity index (χ1) is 8.74. The standard InChI is InChI=1S/C11H17ClN2O3S2/c1-8-6-9(7-10(13)11(8)12)19(16,17)14-4-3-5-18(2)15/h6-7,14H,3-5,13H2,1-2H3. The molecule has 0 aliphatic carbocycles. The highest BCUT2D eigenvalue weighted by Crippen LogP contribution is 2.26. The second-order valence-corrected chi connectivity index (χ2v) is 7.87. The summed E-state index contributed by atoms with van der Waals surface area (Å²) in [6.45, 7) is 1.93. The predicted octanol–water partition coefficient (Wildman–Crippen LogP) is 1.28. The van der Waals surface area contributed by atoms with Crippen LogP contribution >= 0.6 is 11.6 Å². The highest BCUT2D eigenvalue weighted by molar-refractivity contribution is 7.89. The minimum Gasteiger partial charge on any atom is -0.397 e. The monoisotopic (exact) mass is 324 g/mol. The van der Waals surface area contributed by atoms with Crippen molar-refractivity contribution in [3.05, 3.63) is 22.7 Å². The van der Waals surface area contributed by atoms with E-state index >= 15 is 0 Å². The first-order valence-electron chi connectivity index (χ1n) is 5.59. The number of nitrogens with one attached hydrogen (secondary N) is 1. The highest BCUT2D eigenvalue weighted by Gasteiger charge is 2.16. The number of rotatable bonds is 6. The van der Waals surface area contributed by atoms with Crippen LogP contribution < -0.4 is 10.5 Å². The van der Waals surface area contributed by atoms with Crippen molar-refractivity contribution in [1.29, 1.82) is 0 Å². The summed E-state index contributed by atoms with van der Waals surface area (Å²) < 4.78 is 37.3. The number of hydrogen-bond donors (Lipinski definition) is 2. The van der Waals surface area contributed by atoms with Crippen molar-refractivity contribution in [2.24, 2.45) is 0 Å². The Morgan fingerprint density at radius 2 is 2.05 bits per heavy atom. The minimum atomic E-state index is -3.61. The average Bonchev–Trinajstić information content (AvgIpc) is 2.31. The van der Waals surface area contributed by atoms with Gasteiger partial charge >= 0.3 is 0 Å². The topological polar surface area (TPSA) is 89.3 Å². The molecule has 0 aliphatic rings. The van der Waals surface area contributed by atoms with Crippen LogP contribution in [0.15, 0.2) is 17.0 Å². The SMILES string of the molecule is Cc1cc(S(=O)(=O)NCCCS(C)=O)cc(N)c1Cl. The normalized spacial score (nSPS) is 13.4. The second-order valence-electron chi connectivity index (χ2n) is 4.17. The maximum Gasteiger partial charge on any atom is 0.240 e. The largest absolute Gasteiger partial charge is 0.397 e. The minimum absolute atomic E-state index is 0.0875. The molecule has 1 rings (SSSR count). The molecular weight excluding hydrogens is 308 g/mol. The van der Waals surface area contributed by atoms with E-state index in [0.717, 1.165) is 0 Å². The fourth-order valence-electron chi connectivity index (χ4n) is 1.48. The number of benzene rings is 1. The van der Waals surface area contributed by atoms with Gasteiger partial charge in [-0.25, -0.2) is 13.1 Å². The van der Waals surface area contributed by atoms with Crippen LogP contribution in [0.4, 0.5) is 5.69 Å². The summed E-state index contributed by atoms with van der Waals surface area (Å²) in [4.78, 5) is 0.0875. The van der Waals surface area contributed by atoms with Gasteiger partial charge in [0.25, 0.3) is 0 Å². The summed E-state index contributed by atoms with van der Waals surface area (Å²) in [6.07, 6.45) is 2.10. The van der Waals surface area contributed by atoms with Gasteiger partial charge in [0.1, 0.15) is 0 Å². The average molecular weight is 325 g/mol. The van der Waals surface area contributed by atoms with Gasteiger partial charge in [-0.3, -0.25) is 4.21 Å². The lowest BCUT2D eigenvalue weighted by Gasteiger charge is -2.09. The van der Waals surface area contributed by atoms with E-state index in [9.17, 15) is 12.6 Å². The highest BCUT2D eigenvalue weighted by atomic mass is 35.5. The van der Waals surface area contributed by atoms with E-state index < -0.39 is 20.8 Å². The molecule has 0 aliphatic heterocycles. The lowest BCUT2D eigenvalue weighted by Crippen LogP contribution is -2.26. The van der Waals surface area contributed by atoms with Gasteiger partial charge in [0, 0.05) is 29.4 Å². The maximum absolute atomic E-state index is 12.0. The molecule has 5 nitrogen and oxygen atoms in total. The molecule has 0 saturated carbocycles. The van der Waals surface area contributed by atoms with Crippen LogP contribution in [0.1, 0.15) is 12.0 Å². The predicted molar refractivity (Wildman–Crippen MR) is 79.3 cm³/mol. The Kier molecular flexibility index (Phi) is 5.79. The molecule has 108 valence electrons. The molecule has 1 aromatic carbocycles. The zero-order chi connectivity index (χ0) is 14.6. The Bertz CT molecular complexity index is 565. The lowest BCUT2D eigenvalue weighted by atomic mass is 10.2. The Morgan fingerprint density at radius 3 is 2.58 bits per heavy atom. The summed E-state index contributed by atoms with van der Waals surface area (Å²) in [7, 11) is -4.53. The summed E-state index contributed by atoms with van der Waals surface area (Å²) >= 11 is 5.89. The van der Waals surface area contributed by atoms with Crippen LogP contribution in [-0.2, 0) is 20.8 Å². The molecule has 8 heteroatoms. The third kappa shape index (κ3) is 4.76. The molecule has 0 saturated heterocycles. The van der Waals surface area contributed by atoms with Crippen LogP contribution in [0.25, 0.3) is 0 Å². The van der Waals surface area contributed by atoms with Crippen LogP contribution in [0.5, 0.6) is 0 Å². The molecule has 0 spiro atoms. The third-order valence-electron chi connectivity index (χ3n) is 2.47. The molecule has 0 heterocycles. The van der Waals surface area contributed by atoms with Gasteiger partial charge in [-0.05, 0) is 31.0 Å². The zero-order valence-corrected chi connectivity index (χ0v) is 13.2. The van der Waals surface area contributed by atoms with Crippen LogP contribution in [-0.4, -0.2) is 31.2 Å². The van der Waals surface area contributed by atoms with E-state index in [-0.39, 0.29) is 17.1 Å². The molecule has 1 atom stereocenters. The number of hydrogen-bond acceptors (Lipinski definition) is 4. The molecule has 0 fully saturated rings. The summed E-state index contributed by atoms with van der Waals surface area (Å²) in [5, 5.41) is 0.361. The number of anilines is 1. The molecule has 1 unspecified atom stereocenters. The van der Waals surface area contributed by atoms with E-state index in [2.05, 4.69) is 4.72 Å². The smallest absolute Gasteiger partial charge is 0.240 e. The Labute approximate surface area is 121 Å². The van der Waals surface area contributed by atoms with Crippen molar-refractivity contribution in [2.45, 2.75) is 18.2 Å². The lowest BCUT2D eigenvalue weighted by molar-refractivity contribution is 0.580. The van der Waals surface area contributed by atoms with Gasteiger partial charge in [0.2, 0.25) is 10.0 Å². The van der Waals surface area contributed by atoms with Gasteiger partial charge in [0.15, 0.2) is 0 Å². The first-order valence-corrected chi connectivity index (χ1v) is 9.18. The van der Waals surface area contributed by atoms with Crippen LogP contribution in [0, 0.1) is 6.92 Å². The molecule has 0 radical (unpaired) electrons. The third-order valence-corrected chi connectivity index (χ3v) is 5.29. The molecular formula is C11H17ClN2O3S2. The summed E-state index contributed by atoms with van der Waals surface area (Å²) in [6, 6.07) is 2.80. The number of sulfonamides is 1. The molecule has 0 aromatic heterocycles. The van der Waals surface area contributed by atoms with Gasteiger partial charge in [-0.1, -0.05) is 11.6 Å². The van der Waals surface area contributed by atoms with E-state index in [1.165, 1.54) is 12.1 Å².